The zero-order valence-electron chi connectivity index (χ0n) is 14.1. The van der Waals surface area contributed by atoms with Gasteiger partial charge in [0.1, 0.15) is 0 Å². The Hall–Kier alpha value is -0.900. The van der Waals surface area contributed by atoms with Gasteiger partial charge < -0.3 is 10.1 Å². The number of ether oxygens (including phenoxy) is 1. The largest absolute Gasteiger partial charge is 0.373 e. The molecule has 2 rings (SSSR count). The Kier molecular flexibility index (Phi) is 5.80. The van der Waals surface area contributed by atoms with Gasteiger partial charge in [0.05, 0.1) is 12.2 Å². The monoisotopic (exact) mass is 290 g/mol. The van der Waals surface area contributed by atoms with Crippen molar-refractivity contribution in [2.75, 3.05) is 26.2 Å². The summed E-state index contributed by atoms with van der Waals surface area (Å²) in [5, 5.41) is 3.64. The second-order valence-electron chi connectivity index (χ2n) is 6.43. The maximum absolute atomic E-state index is 5.84. The van der Waals surface area contributed by atoms with Crippen molar-refractivity contribution in [3.63, 3.8) is 0 Å². The van der Waals surface area contributed by atoms with Gasteiger partial charge in [-0.1, -0.05) is 25.1 Å². The molecule has 1 saturated heterocycles. The molecule has 1 aromatic rings. The van der Waals surface area contributed by atoms with Crippen molar-refractivity contribution in [1.82, 2.24) is 10.2 Å². The van der Waals surface area contributed by atoms with E-state index in [4.69, 9.17) is 4.74 Å². The van der Waals surface area contributed by atoms with E-state index in [1.165, 1.54) is 16.7 Å². The Morgan fingerprint density at radius 3 is 2.43 bits per heavy atom. The van der Waals surface area contributed by atoms with Crippen LogP contribution in [-0.4, -0.2) is 43.3 Å². The third-order valence-corrected chi connectivity index (χ3v) is 4.32. The fraction of sp³-hybridized carbons (Fsp3) is 0.667. The molecule has 0 bridgehead atoms. The number of aryl methyl sites for hydroxylation is 2. The summed E-state index contributed by atoms with van der Waals surface area (Å²) in [6.45, 7) is 15.0. The van der Waals surface area contributed by atoms with Gasteiger partial charge in [-0.3, -0.25) is 4.90 Å². The van der Waals surface area contributed by atoms with E-state index in [9.17, 15) is 0 Å². The standard InChI is InChI=1S/C18H30N2O/c1-6-19-18(17-8-7-13(2)14(3)9-17)12-20-10-15(4)21-16(5)11-20/h7-9,15-16,18-19H,6,10-12H2,1-5H3/t15-,16+,18?. The summed E-state index contributed by atoms with van der Waals surface area (Å²) in [6, 6.07) is 7.23. The van der Waals surface area contributed by atoms with Crippen LogP contribution in [0.4, 0.5) is 0 Å². The van der Waals surface area contributed by atoms with Crippen LogP contribution in [-0.2, 0) is 4.74 Å². The quantitative estimate of drug-likeness (QED) is 0.902. The van der Waals surface area contributed by atoms with Crippen LogP contribution in [0.1, 0.15) is 43.5 Å². The van der Waals surface area contributed by atoms with Crippen molar-refractivity contribution in [3.05, 3.63) is 34.9 Å². The zero-order chi connectivity index (χ0) is 15.4. The third kappa shape index (κ3) is 4.53. The summed E-state index contributed by atoms with van der Waals surface area (Å²) >= 11 is 0. The van der Waals surface area contributed by atoms with E-state index in [0.717, 1.165) is 26.2 Å². The highest BCUT2D eigenvalue weighted by atomic mass is 16.5. The molecule has 1 aliphatic rings. The van der Waals surface area contributed by atoms with Crippen molar-refractivity contribution in [2.45, 2.75) is 52.9 Å². The molecule has 21 heavy (non-hydrogen) atoms. The van der Waals surface area contributed by atoms with Gasteiger partial charge in [0.25, 0.3) is 0 Å². The Balaban J connectivity index is 2.09. The van der Waals surface area contributed by atoms with Crippen molar-refractivity contribution in [3.8, 4) is 0 Å². The Morgan fingerprint density at radius 2 is 1.86 bits per heavy atom. The number of morpholine rings is 1. The van der Waals surface area contributed by atoms with Gasteiger partial charge in [0, 0.05) is 25.7 Å². The number of likely N-dealkylation sites (N-methyl/N-ethyl adjacent to an activating group) is 1. The van der Waals surface area contributed by atoms with Crippen LogP contribution in [0.15, 0.2) is 18.2 Å². The molecular weight excluding hydrogens is 260 g/mol. The van der Waals surface area contributed by atoms with Crippen molar-refractivity contribution in [2.24, 2.45) is 0 Å². The van der Waals surface area contributed by atoms with Gasteiger partial charge >= 0.3 is 0 Å². The lowest BCUT2D eigenvalue weighted by Crippen LogP contribution is -2.48. The molecule has 1 heterocycles. The maximum Gasteiger partial charge on any atom is 0.0678 e. The molecule has 3 nitrogen and oxygen atoms in total. The van der Waals surface area contributed by atoms with Gasteiger partial charge in [-0.05, 0) is 50.9 Å². The maximum atomic E-state index is 5.84. The Bertz CT molecular complexity index is 451. The van der Waals surface area contributed by atoms with Crippen LogP contribution in [0.25, 0.3) is 0 Å². The highest BCUT2D eigenvalue weighted by molar-refractivity contribution is 5.32. The highest BCUT2D eigenvalue weighted by Gasteiger charge is 2.24. The molecular formula is C18H30N2O. The Labute approximate surface area is 129 Å². The first-order valence-electron chi connectivity index (χ1n) is 8.18. The van der Waals surface area contributed by atoms with Crippen LogP contribution in [0.2, 0.25) is 0 Å². The lowest BCUT2D eigenvalue weighted by Gasteiger charge is -2.37. The molecule has 1 aromatic carbocycles. The third-order valence-electron chi connectivity index (χ3n) is 4.32. The fourth-order valence-corrected chi connectivity index (χ4v) is 3.21. The van der Waals surface area contributed by atoms with Crippen LogP contribution < -0.4 is 5.32 Å². The van der Waals surface area contributed by atoms with Crippen molar-refractivity contribution >= 4 is 0 Å². The average molecular weight is 290 g/mol. The second kappa shape index (κ2) is 7.39. The minimum absolute atomic E-state index is 0.329. The lowest BCUT2D eigenvalue weighted by molar-refractivity contribution is -0.0699. The van der Waals surface area contributed by atoms with Gasteiger partial charge in [-0.15, -0.1) is 0 Å². The number of nitrogens with zero attached hydrogens (tertiary/aromatic N) is 1. The number of hydrogen-bond donors (Lipinski definition) is 1. The first-order valence-corrected chi connectivity index (χ1v) is 8.18. The molecule has 0 spiro atoms. The molecule has 0 aliphatic carbocycles. The topological polar surface area (TPSA) is 24.5 Å². The normalized spacial score (nSPS) is 25.0. The molecule has 1 unspecified atom stereocenters. The first-order chi connectivity index (χ1) is 9.99. The van der Waals surface area contributed by atoms with E-state index in [2.05, 4.69) is 63.0 Å². The molecule has 0 radical (unpaired) electrons. The SMILES string of the molecule is CCNC(CN1C[C@@H](C)O[C@@H](C)C1)c1ccc(C)c(C)c1. The molecule has 3 atom stereocenters. The van der Waals surface area contributed by atoms with Crippen molar-refractivity contribution < 1.29 is 4.74 Å². The van der Waals surface area contributed by atoms with E-state index in [1.807, 2.05) is 0 Å². The van der Waals surface area contributed by atoms with Crippen molar-refractivity contribution in [1.29, 1.82) is 0 Å². The van der Waals surface area contributed by atoms with Gasteiger partial charge in [-0.2, -0.15) is 0 Å². The zero-order valence-corrected chi connectivity index (χ0v) is 14.1. The smallest absolute Gasteiger partial charge is 0.0678 e. The Morgan fingerprint density at radius 1 is 1.19 bits per heavy atom. The molecule has 1 N–H and O–H groups in total. The predicted molar refractivity (Wildman–Crippen MR) is 88.8 cm³/mol. The summed E-state index contributed by atoms with van der Waals surface area (Å²) in [5.41, 5.74) is 4.13. The molecule has 0 amide bonds. The van der Waals surface area contributed by atoms with E-state index >= 15 is 0 Å². The number of rotatable bonds is 5. The first kappa shape index (κ1) is 16.5. The summed E-state index contributed by atoms with van der Waals surface area (Å²) in [7, 11) is 0. The average Bonchev–Trinajstić information content (AvgIpc) is 2.40. The van der Waals surface area contributed by atoms with Crippen LogP contribution >= 0.6 is 0 Å². The summed E-state index contributed by atoms with van der Waals surface area (Å²) in [4.78, 5) is 2.53. The number of hydrogen-bond acceptors (Lipinski definition) is 3. The molecule has 1 fully saturated rings. The minimum atomic E-state index is 0.329. The van der Waals surface area contributed by atoms with Gasteiger partial charge in [0.15, 0.2) is 0 Å². The molecule has 3 heteroatoms. The molecule has 0 saturated carbocycles. The molecule has 0 aromatic heterocycles. The highest BCUT2D eigenvalue weighted by Crippen LogP contribution is 2.20. The minimum Gasteiger partial charge on any atom is -0.373 e. The number of nitrogens with one attached hydrogen (secondary N) is 1. The van der Waals surface area contributed by atoms with E-state index in [-0.39, 0.29) is 0 Å². The summed E-state index contributed by atoms with van der Waals surface area (Å²) in [5.74, 6) is 0. The van der Waals surface area contributed by atoms with Gasteiger partial charge in [-0.25, -0.2) is 0 Å². The van der Waals surface area contributed by atoms with E-state index < -0.39 is 0 Å². The lowest BCUT2D eigenvalue weighted by atomic mass is 10.00. The summed E-state index contributed by atoms with van der Waals surface area (Å²) in [6.07, 6.45) is 0.659. The van der Waals surface area contributed by atoms with E-state index in [1.54, 1.807) is 0 Å². The van der Waals surface area contributed by atoms with Gasteiger partial charge in [0.2, 0.25) is 0 Å². The predicted octanol–water partition coefficient (Wildman–Crippen LogP) is 3.06. The molecule has 1 aliphatic heterocycles. The number of benzene rings is 1. The molecule has 118 valence electrons. The van der Waals surface area contributed by atoms with Crippen LogP contribution in [0.3, 0.4) is 0 Å². The summed E-state index contributed by atoms with van der Waals surface area (Å²) < 4.78 is 5.84. The second-order valence-corrected chi connectivity index (χ2v) is 6.43. The van der Waals surface area contributed by atoms with Crippen LogP contribution in [0.5, 0.6) is 0 Å². The van der Waals surface area contributed by atoms with Crippen LogP contribution in [0, 0.1) is 13.8 Å². The fourth-order valence-electron chi connectivity index (χ4n) is 3.21. The van der Waals surface area contributed by atoms with E-state index in [0.29, 0.717) is 18.2 Å².